The summed E-state index contributed by atoms with van der Waals surface area (Å²) in [5, 5.41) is 2.79. The molecule has 1 saturated carbocycles. The van der Waals surface area contributed by atoms with Crippen LogP contribution in [0.15, 0.2) is 48.7 Å². The molecule has 1 aromatic heterocycles. The first-order valence-corrected chi connectivity index (χ1v) is 11.0. The van der Waals surface area contributed by atoms with Gasteiger partial charge in [-0.1, -0.05) is 25.5 Å². The normalized spacial score (nSPS) is 25.3. The zero-order valence-corrected chi connectivity index (χ0v) is 18.3. The molecule has 6 nitrogen and oxygen atoms in total. The highest BCUT2D eigenvalue weighted by Gasteiger charge is 2.54. The molecule has 2 amide bonds. The van der Waals surface area contributed by atoms with Gasteiger partial charge in [0.1, 0.15) is 11.8 Å². The van der Waals surface area contributed by atoms with Crippen LogP contribution >= 0.6 is 0 Å². The maximum Gasteiger partial charge on any atom is 0.416 e. The molecule has 2 aliphatic rings. The van der Waals surface area contributed by atoms with Crippen LogP contribution in [-0.4, -0.2) is 40.1 Å². The Hall–Kier alpha value is -2.94. The van der Waals surface area contributed by atoms with Crippen LogP contribution in [0.4, 0.5) is 13.2 Å². The fourth-order valence-corrected chi connectivity index (χ4v) is 4.77. The summed E-state index contributed by atoms with van der Waals surface area (Å²) in [5.41, 5.74) is -1.37. The Bertz CT molecular complexity index is 1010. The zero-order valence-electron chi connectivity index (χ0n) is 18.3. The van der Waals surface area contributed by atoms with Gasteiger partial charge >= 0.3 is 6.18 Å². The van der Waals surface area contributed by atoms with Gasteiger partial charge in [-0.25, -0.2) is 0 Å². The number of carbonyl (C=O) groups is 2. The van der Waals surface area contributed by atoms with Gasteiger partial charge in [-0.3, -0.25) is 19.5 Å². The van der Waals surface area contributed by atoms with Gasteiger partial charge in [0.15, 0.2) is 0 Å². The molecule has 1 aliphatic heterocycles. The van der Waals surface area contributed by atoms with Crippen LogP contribution in [0.1, 0.15) is 54.2 Å². The third-order valence-electron chi connectivity index (χ3n) is 6.32. The smallest absolute Gasteiger partial charge is 0.353 e. The van der Waals surface area contributed by atoms with E-state index >= 15 is 0 Å². The lowest BCUT2D eigenvalue weighted by Gasteiger charge is -2.43. The number of amides is 2. The molecule has 33 heavy (non-hydrogen) atoms. The SMILES string of the molecule is CC1CCCC2(C1)OCC(C(=O)NCc1ccccn1)N2C(=O)c1cccc(C(F)(F)F)c1. The number of hydrogen-bond donors (Lipinski definition) is 1. The Morgan fingerprint density at radius 2 is 2.06 bits per heavy atom. The number of nitrogens with zero attached hydrogens (tertiary/aromatic N) is 2. The van der Waals surface area contributed by atoms with E-state index in [9.17, 15) is 22.8 Å². The van der Waals surface area contributed by atoms with Crippen molar-refractivity contribution in [2.45, 2.75) is 57.1 Å². The first kappa shape index (κ1) is 23.2. The van der Waals surface area contributed by atoms with Gasteiger partial charge in [0, 0.05) is 11.8 Å². The highest BCUT2D eigenvalue weighted by atomic mass is 19.4. The Labute approximate surface area is 190 Å². The van der Waals surface area contributed by atoms with Crippen molar-refractivity contribution in [1.82, 2.24) is 15.2 Å². The van der Waals surface area contributed by atoms with E-state index in [4.69, 9.17) is 4.74 Å². The highest BCUT2D eigenvalue weighted by molar-refractivity contribution is 5.98. The standard InChI is InChI=1S/C24H26F3N3O3/c1-16-6-5-10-23(13-16)30(22(32)17-7-4-8-18(12-17)24(25,26)27)20(15-33-23)21(31)29-14-19-9-2-3-11-28-19/h2-4,7-9,11-12,16,20H,5-6,10,13-15H2,1H3,(H,29,31). The Morgan fingerprint density at radius 3 is 2.76 bits per heavy atom. The molecule has 2 heterocycles. The molecular formula is C24H26F3N3O3. The van der Waals surface area contributed by atoms with Crippen molar-refractivity contribution in [3.8, 4) is 0 Å². The number of carbonyl (C=O) groups excluding carboxylic acids is 2. The number of aromatic nitrogens is 1. The Kier molecular flexibility index (Phi) is 6.43. The van der Waals surface area contributed by atoms with Gasteiger partial charge in [0.25, 0.3) is 5.91 Å². The molecule has 0 bridgehead atoms. The molecule has 0 radical (unpaired) electrons. The minimum absolute atomic E-state index is 0.00846. The van der Waals surface area contributed by atoms with E-state index in [0.29, 0.717) is 18.5 Å². The minimum atomic E-state index is -4.58. The van der Waals surface area contributed by atoms with Crippen LogP contribution < -0.4 is 5.32 Å². The second-order valence-corrected chi connectivity index (χ2v) is 8.77. The number of alkyl halides is 3. The molecule has 3 atom stereocenters. The summed E-state index contributed by atoms with van der Waals surface area (Å²) in [6.07, 6.45) is -0.132. The predicted molar refractivity (Wildman–Crippen MR) is 114 cm³/mol. The fraction of sp³-hybridized carbons (Fsp3) is 0.458. The molecule has 176 valence electrons. The lowest BCUT2D eigenvalue weighted by atomic mass is 9.83. The fourth-order valence-electron chi connectivity index (χ4n) is 4.77. The summed E-state index contributed by atoms with van der Waals surface area (Å²) in [6, 6.07) is 8.70. The summed E-state index contributed by atoms with van der Waals surface area (Å²) in [6.45, 7) is 2.21. The van der Waals surface area contributed by atoms with Crippen LogP contribution in [0.2, 0.25) is 0 Å². The molecule has 2 fully saturated rings. The topological polar surface area (TPSA) is 71.5 Å². The number of ether oxygens (including phenoxy) is 1. The lowest BCUT2D eigenvalue weighted by molar-refractivity contribution is -0.137. The van der Waals surface area contributed by atoms with Crippen molar-refractivity contribution in [2.75, 3.05) is 6.61 Å². The van der Waals surface area contributed by atoms with Gasteiger partial charge in [-0.15, -0.1) is 0 Å². The summed E-state index contributed by atoms with van der Waals surface area (Å²) in [7, 11) is 0. The second-order valence-electron chi connectivity index (χ2n) is 8.77. The van der Waals surface area contributed by atoms with Crippen LogP contribution in [0.5, 0.6) is 0 Å². The third-order valence-corrected chi connectivity index (χ3v) is 6.32. The van der Waals surface area contributed by atoms with E-state index in [0.717, 1.165) is 25.0 Å². The van der Waals surface area contributed by atoms with Crippen molar-refractivity contribution in [1.29, 1.82) is 0 Å². The number of nitrogens with one attached hydrogen (secondary N) is 1. The van der Waals surface area contributed by atoms with Crippen LogP contribution in [0.25, 0.3) is 0 Å². The average Bonchev–Trinajstić information content (AvgIpc) is 3.15. The summed E-state index contributed by atoms with van der Waals surface area (Å²) >= 11 is 0. The zero-order chi connectivity index (χ0) is 23.6. The molecule has 1 aliphatic carbocycles. The number of halogens is 3. The largest absolute Gasteiger partial charge is 0.416 e. The molecule has 9 heteroatoms. The van der Waals surface area contributed by atoms with Crippen molar-refractivity contribution < 1.29 is 27.5 Å². The van der Waals surface area contributed by atoms with Gasteiger partial charge in [0.05, 0.1) is 24.4 Å². The molecular weight excluding hydrogens is 435 g/mol. The second kappa shape index (κ2) is 9.13. The number of rotatable bonds is 4. The monoisotopic (exact) mass is 461 g/mol. The predicted octanol–water partition coefficient (Wildman–Crippen LogP) is 4.16. The summed E-state index contributed by atoms with van der Waals surface area (Å²) in [4.78, 5) is 32.2. The molecule has 2 aromatic rings. The third kappa shape index (κ3) is 4.88. The maximum atomic E-state index is 13.6. The van der Waals surface area contributed by atoms with E-state index in [1.54, 1.807) is 24.4 Å². The van der Waals surface area contributed by atoms with Crippen molar-refractivity contribution in [2.24, 2.45) is 5.92 Å². The quantitative estimate of drug-likeness (QED) is 0.742. The van der Waals surface area contributed by atoms with E-state index in [1.807, 2.05) is 6.92 Å². The number of hydrogen-bond acceptors (Lipinski definition) is 4. The minimum Gasteiger partial charge on any atom is -0.353 e. The van der Waals surface area contributed by atoms with Crippen molar-refractivity contribution in [3.05, 3.63) is 65.5 Å². The number of pyridine rings is 1. The molecule has 3 unspecified atom stereocenters. The molecule has 1 saturated heterocycles. The van der Waals surface area contributed by atoms with Crippen molar-refractivity contribution in [3.63, 3.8) is 0 Å². The van der Waals surface area contributed by atoms with Gasteiger partial charge in [-0.05, 0) is 55.5 Å². The Balaban J connectivity index is 1.63. The average molecular weight is 461 g/mol. The van der Waals surface area contributed by atoms with E-state index in [1.165, 1.54) is 17.0 Å². The first-order chi connectivity index (χ1) is 15.7. The maximum absolute atomic E-state index is 13.6. The van der Waals surface area contributed by atoms with Crippen molar-refractivity contribution >= 4 is 11.8 Å². The van der Waals surface area contributed by atoms with Gasteiger partial charge < -0.3 is 10.1 Å². The summed E-state index contributed by atoms with van der Waals surface area (Å²) < 4.78 is 45.9. The molecule has 1 spiro atoms. The summed E-state index contributed by atoms with van der Waals surface area (Å²) in [5.74, 6) is -0.798. The molecule has 1 aromatic carbocycles. The van der Waals surface area contributed by atoms with Crippen LogP contribution in [-0.2, 0) is 22.3 Å². The molecule has 1 N–H and O–H groups in total. The lowest BCUT2D eigenvalue weighted by Crippen LogP contribution is -2.57. The first-order valence-electron chi connectivity index (χ1n) is 11.0. The highest BCUT2D eigenvalue weighted by Crippen LogP contribution is 2.43. The number of benzene rings is 1. The molecule has 4 rings (SSSR count). The Morgan fingerprint density at radius 1 is 1.24 bits per heavy atom. The van der Waals surface area contributed by atoms with Crippen LogP contribution in [0, 0.1) is 5.92 Å². The van der Waals surface area contributed by atoms with E-state index < -0.39 is 35.3 Å². The van der Waals surface area contributed by atoms with Gasteiger partial charge in [0.2, 0.25) is 5.91 Å². The van der Waals surface area contributed by atoms with E-state index in [2.05, 4.69) is 10.3 Å². The van der Waals surface area contributed by atoms with Gasteiger partial charge in [-0.2, -0.15) is 13.2 Å². The van der Waals surface area contributed by atoms with E-state index in [-0.39, 0.29) is 24.6 Å². The van der Waals surface area contributed by atoms with Crippen LogP contribution in [0.3, 0.4) is 0 Å².